The Kier molecular flexibility index (Phi) is 4.55. The summed E-state index contributed by atoms with van der Waals surface area (Å²) in [6.45, 7) is 6.96. The zero-order chi connectivity index (χ0) is 12.0. The average Bonchev–Trinajstić information content (AvgIpc) is 2.70. The van der Waals surface area contributed by atoms with Gasteiger partial charge in [0, 0.05) is 5.54 Å². The van der Waals surface area contributed by atoms with E-state index >= 15 is 0 Å². The summed E-state index contributed by atoms with van der Waals surface area (Å²) in [5, 5.41) is 5.98. The molecule has 2 N–H and O–H groups in total. The summed E-state index contributed by atoms with van der Waals surface area (Å²) in [7, 11) is 0. The standard InChI is InChI=1S/C12H20N2O2/c1-4-12(2,3)14-11(15)9-13-8-10-6-5-7-16-10/h5-7,13H,4,8-9H2,1-3H3,(H,14,15). The largest absolute Gasteiger partial charge is 0.468 e. The lowest BCUT2D eigenvalue weighted by Gasteiger charge is -2.24. The summed E-state index contributed by atoms with van der Waals surface area (Å²) in [6.07, 6.45) is 2.54. The first-order valence-electron chi connectivity index (χ1n) is 5.57. The van der Waals surface area contributed by atoms with E-state index in [1.165, 1.54) is 0 Å². The molecule has 0 unspecified atom stereocenters. The van der Waals surface area contributed by atoms with Gasteiger partial charge >= 0.3 is 0 Å². The van der Waals surface area contributed by atoms with E-state index < -0.39 is 0 Å². The van der Waals surface area contributed by atoms with Gasteiger partial charge in [0.05, 0.1) is 19.4 Å². The van der Waals surface area contributed by atoms with Gasteiger partial charge in [0.1, 0.15) is 5.76 Å². The van der Waals surface area contributed by atoms with Crippen LogP contribution in [0.3, 0.4) is 0 Å². The average molecular weight is 224 g/mol. The van der Waals surface area contributed by atoms with Crippen LogP contribution < -0.4 is 10.6 Å². The Hall–Kier alpha value is -1.29. The lowest BCUT2D eigenvalue weighted by atomic mass is 10.0. The smallest absolute Gasteiger partial charge is 0.234 e. The Morgan fingerprint density at radius 3 is 2.81 bits per heavy atom. The number of hydrogen-bond donors (Lipinski definition) is 2. The van der Waals surface area contributed by atoms with Gasteiger partial charge in [0.2, 0.25) is 5.91 Å². The lowest BCUT2D eigenvalue weighted by molar-refractivity contribution is -0.121. The van der Waals surface area contributed by atoms with E-state index in [2.05, 4.69) is 17.6 Å². The van der Waals surface area contributed by atoms with Gasteiger partial charge in [-0.15, -0.1) is 0 Å². The zero-order valence-electron chi connectivity index (χ0n) is 10.2. The van der Waals surface area contributed by atoms with Gasteiger partial charge < -0.3 is 15.1 Å². The minimum absolute atomic E-state index is 0.0124. The molecule has 0 spiro atoms. The fourth-order valence-corrected chi connectivity index (χ4v) is 1.22. The van der Waals surface area contributed by atoms with Gasteiger partial charge in [-0.3, -0.25) is 4.79 Å². The van der Waals surface area contributed by atoms with Crippen LogP contribution in [0, 0.1) is 0 Å². The Bertz CT molecular complexity index is 318. The van der Waals surface area contributed by atoms with Gasteiger partial charge in [0.25, 0.3) is 0 Å². The molecule has 4 heteroatoms. The van der Waals surface area contributed by atoms with Crippen molar-refractivity contribution in [1.29, 1.82) is 0 Å². The minimum atomic E-state index is -0.135. The normalized spacial score (nSPS) is 11.4. The summed E-state index contributed by atoms with van der Waals surface area (Å²) in [6, 6.07) is 3.71. The van der Waals surface area contributed by atoms with Crippen molar-refractivity contribution in [1.82, 2.24) is 10.6 Å². The van der Waals surface area contributed by atoms with Crippen LogP contribution in [0.2, 0.25) is 0 Å². The molecule has 0 aliphatic carbocycles. The lowest BCUT2D eigenvalue weighted by Crippen LogP contribution is -2.46. The number of rotatable bonds is 6. The van der Waals surface area contributed by atoms with Gasteiger partial charge in [-0.1, -0.05) is 6.92 Å². The van der Waals surface area contributed by atoms with Crippen molar-refractivity contribution in [3.05, 3.63) is 24.2 Å². The predicted molar refractivity (Wildman–Crippen MR) is 62.9 cm³/mol. The third-order valence-corrected chi connectivity index (χ3v) is 2.53. The molecule has 90 valence electrons. The summed E-state index contributed by atoms with van der Waals surface area (Å²) >= 11 is 0. The van der Waals surface area contributed by atoms with E-state index in [0.717, 1.165) is 12.2 Å². The van der Waals surface area contributed by atoms with Crippen LogP contribution in [0.15, 0.2) is 22.8 Å². The summed E-state index contributed by atoms with van der Waals surface area (Å²) in [5.41, 5.74) is -0.135. The fourth-order valence-electron chi connectivity index (χ4n) is 1.22. The monoisotopic (exact) mass is 224 g/mol. The molecule has 4 nitrogen and oxygen atoms in total. The summed E-state index contributed by atoms with van der Waals surface area (Å²) in [5.74, 6) is 0.848. The first-order chi connectivity index (χ1) is 7.53. The molecule has 0 aliphatic rings. The Morgan fingerprint density at radius 2 is 2.25 bits per heavy atom. The van der Waals surface area contributed by atoms with Crippen LogP contribution in [-0.4, -0.2) is 18.0 Å². The SMILES string of the molecule is CCC(C)(C)NC(=O)CNCc1ccco1. The maximum Gasteiger partial charge on any atom is 0.234 e. The summed E-state index contributed by atoms with van der Waals surface area (Å²) in [4.78, 5) is 11.5. The maximum absolute atomic E-state index is 11.5. The molecular weight excluding hydrogens is 204 g/mol. The van der Waals surface area contributed by atoms with E-state index in [9.17, 15) is 4.79 Å². The second-order valence-electron chi connectivity index (χ2n) is 4.47. The third kappa shape index (κ3) is 4.49. The maximum atomic E-state index is 11.5. The molecule has 0 saturated heterocycles. The molecule has 1 amide bonds. The number of amides is 1. The summed E-state index contributed by atoms with van der Waals surface area (Å²) < 4.78 is 5.14. The van der Waals surface area contributed by atoms with Crippen molar-refractivity contribution in [2.24, 2.45) is 0 Å². The number of hydrogen-bond acceptors (Lipinski definition) is 3. The fraction of sp³-hybridized carbons (Fsp3) is 0.583. The molecule has 0 fully saturated rings. The molecule has 1 rings (SSSR count). The van der Waals surface area contributed by atoms with Crippen LogP contribution in [0.4, 0.5) is 0 Å². The first kappa shape index (κ1) is 12.8. The van der Waals surface area contributed by atoms with Gasteiger partial charge in [0.15, 0.2) is 0 Å². The molecule has 0 radical (unpaired) electrons. The molecule has 0 saturated carbocycles. The number of furan rings is 1. The Balaban J connectivity index is 2.20. The van der Waals surface area contributed by atoms with Crippen molar-refractivity contribution < 1.29 is 9.21 Å². The molecule has 0 aromatic carbocycles. The van der Waals surface area contributed by atoms with E-state index in [0.29, 0.717) is 13.1 Å². The van der Waals surface area contributed by atoms with Crippen molar-refractivity contribution in [3.63, 3.8) is 0 Å². The molecule has 0 aliphatic heterocycles. The number of carbonyl (C=O) groups is 1. The topological polar surface area (TPSA) is 54.3 Å². The van der Waals surface area contributed by atoms with Crippen molar-refractivity contribution in [3.8, 4) is 0 Å². The highest BCUT2D eigenvalue weighted by molar-refractivity contribution is 5.78. The van der Waals surface area contributed by atoms with E-state index in [-0.39, 0.29) is 11.4 Å². The number of nitrogens with one attached hydrogen (secondary N) is 2. The van der Waals surface area contributed by atoms with Gasteiger partial charge in [-0.2, -0.15) is 0 Å². The van der Waals surface area contributed by atoms with Gasteiger partial charge in [-0.25, -0.2) is 0 Å². The van der Waals surface area contributed by atoms with E-state index in [1.54, 1.807) is 6.26 Å². The van der Waals surface area contributed by atoms with Crippen molar-refractivity contribution >= 4 is 5.91 Å². The minimum Gasteiger partial charge on any atom is -0.468 e. The van der Waals surface area contributed by atoms with Crippen LogP contribution in [0.25, 0.3) is 0 Å². The molecule has 1 heterocycles. The van der Waals surface area contributed by atoms with Gasteiger partial charge in [-0.05, 0) is 32.4 Å². The zero-order valence-corrected chi connectivity index (χ0v) is 10.2. The van der Waals surface area contributed by atoms with E-state index in [1.807, 2.05) is 26.0 Å². The Morgan fingerprint density at radius 1 is 1.50 bits per heavy atom. The van der Waals surface area contributed by atoms with Crippen LogP contribution in [0.5, 0.6) is 0 Å². The highest BCUT2D eigenvalue weighted by atomic mass is 16.3. The number of carbonyl (C=O) groups excluding carboxylic acids is 1. The van der Waals surface area contributed by atoms with E-state index in [4.69, 9.17) is 4.42 Å². The van der Waals surface area contributed by atoms with Crippen LogP contribution in [-0.2, 0) is 11.3 Å². The highest BCUT2D eigenvalue weighted by Gasteiger charge is 2.17. The Labute approximate surface area is 96.4 Å². The molecule has 1 aromatic heterocycles. The van der Waals surface area contributed by atoms with Crippen LogP contribution in [0.1, 0.15) is 33.0 Å². The van der Waals surface area contributed by atoms with Crippen molar-refractivity contribution in [2.45, 2.75) is 39.3 Å². The molecule has 1 aromatic rings. The van der Waals surface area contributed by atoms with Crippen LogP contribution >= 0.6 is 0 Å². The molecule has 0 atom stereocenters. The van der Waals surface area contributed by atoms with Crippen molar-refractivity contribution in [2.75, 3.05) is 6.54 Å². The molecular formula is C12H20N2O2. The second kappa shape index (κ2) is 5.70. The second-order valence-corrected chi connectivity index (χ2v) is 4.47. The predicted octanol–water partition coefficient (Wildman–Crippen LogP) is 1.67. The first-order valence-corrected chi connectivity index (χ1v) is 5.57. The molecule has 0 bridgehead atoms. The molecule has 16 heavy (non-hydrogen) atoms. The third-order valence-electron chi connectivity index (χ3n) is 2.53. The highest BCUT2D eigenvalue weighted by Crippen LogP contribution is 2.05. The quantitative estimate of drug-likeness (QED) is 0.773.